The molecule has 1 unspecified atom stereocenters. The molecule has 212 valence electrons. The average Bonchev–Trinajstić information content (AvgIpc) is 3.49. The molecule has 2 aromatic rings. The van der Waals surface area contributed by atoms with E-state index < -0.39 is 25.8 Å². The van der Waals surface area contributed by atoms with Crippen LogP contribution in [0.3, 0.4) is 0 Å². The maximum atomic E-state index is 14.2. The highest BCUT2D eigenvalue weighted by Crippen LogP contribution is 2.39. The molecule has 0 radical (unpaired) electrons. The van der Waals surface area contributed by atoms with Crippen LogP contribution in [0.4, 0.5) is 27.6 Å². The van der Waals surface area contributed by atoms with Crippen molar-refractivity contribution in [2.45, 2.75) is 57.0 Å². The van der Waals surface area contributed by atoms with Gasteiger partial charge in [0.25, 0.3) is 6.43 Å². The van der Waals surface area contributed by atoms with E-state index in [1.165, 1.54) is 12.4 Å². The molecule has 14 heteroatoms. The Morgan fingerprint density at radius 1 is 1.15 bits per heavy atom. The fraction of sp³-hybridized carbons (Fsp3) is 0.560. The van der Waals surface area contributed by atoms with Crippen LogP contribution in [0.2, 0.25) is 0 Å². The Morgan fingerprint density at radius 2 is 1.87 bits per heavy atom. The fourth-order valence-electron chi connectivity index (χ4n) is 5.50. The molecular formula is C25H30F5N7O2. The van der Waals surface area contributed by atoms with Crippen LogP contribution in [0.15, 0.2) is 36.8 Å². The number of halogens is 5. The molecule has 1 N–H and O–H groups in total. The Bertz CT molecular complexity index is 1240. The van der Waals surface area contributed by atoms with Crippen molar-refractivity contribution in [3.63, 3.8) is 0 Å². The van der Waals surface area contributed by atoms with Crippen LogP contribution < -0.4 is 4.90 Å². The molecule has 5 heterocycles. The molecule has 0 bridgehead atoms. The van der Waals surface area contributed by atoms with Crippen LogP contribution in [0, 0.1) is 0 Å². The number of anilines is 1. The minimum absolute atomic E-state index is 0.106. The van der Waals surface area contributed by atoms with E-state index >= 15 is 0 Å². The van der Waals surface area contributed by atoms with Crippen molar-refractivity contribution in [3.05, 3.63) is 48.1 Å². The van der Waals surface area contributed by atoms with E-state index in [0.717, 1.165) is 17.5 Å². The second-order valence-corrected chi connectivity index (χ2v) is 10.1. The summed E-state index contributed by atoms with van der Waals surface area (Å²) >= 11 is 0. The number of likely N-dealkylation sites (tertiary alicyclic amines) is 2. The first-order valence-corrected chi connectivity index (χ1v) is 12.8. The quantitative estimate of drug-likeness (QED) is 0.529. The number of carbonyl (C=O) groups excluding carboxylic acids is 1. The van der Waals surface area contributed by atoms with Gasteiger partial charge in [0.1, 0.15) is 13.2 Å². The monoisotopic (exact) mass is 555 g/mol. The summed E-state index contributed by atoms with van der Waals surface area (Å²) in [6.07, 6.45) is 3.64. The van der Waals surface area contributed by atoms with Gasteiger partial charge in [0.15, 0.2) is 5.69 Å². The maximum absolute atomic E-state index is 14.2. The first-order chi connectivity index (χ1) is 18.5. The first kappa shape index (κ1) is 27.3. The smallest absolute Gasteiger partial charge is 0.387 e. The summed E-state index contributed by atoms with van der Waals surface area (Å²) in [6, 6.07) is -0.189. The Labute approximate surface area is 221 Å². The zero-order valence-electron chi connectivity index (χ0n) is 21.3. The van der Waals surface area contributed by atoms with Crippen molar-refractivity contribution in [2.75, 3.05) is 37.7 Å². The van der Waals surface area contributed by atoms with Gasteiger partial charge >= 0.3 is 6.18 Å². The average molecular weight is 556 g/mol. The van der Waals surface area contributed by atoms with E-state index in [1.807, 2.05) is 13.0 Å². The van der Waals surface area contributed by atoms with Gasteiger partial charge in [-0.15, -0.1) is 0 Å². The zero-order valence-corrected chi connectivity index (χ0v) is 21.3. The van der Waals surface area contributed by atoms with E-state index in [2.05, 4.69) is 15.1 Å². The molecule has 0 aromatic carbocycles. The Balaban J connectivity index is 1.32. The van der Waals surface area contributed by atoms with E-state index in [4.69, 9.17) is 5.11 Å². The number of aromatic nitrogens is 4. The Morgan fingerprint density at radius 3 is 2.51 bits per heavy atom. The third kappa shape index (κ3) is 5.71. The zero-order chi connectivity index (χ0) is 27.9. The second-order valence-electron chi connectivity index (χ2n) is 10.1. The van der Waals surface area contributed by atoms with Crippen molar-refractivity contribution in [1.82, 2.24) is 29.4 Å². The molecule has 1 amide bonds. The number of aliphatic hydroxyl groups is 1. The summed E-state index contributed by atoms with van der Waals surface area (Å²) in [6.45, 7) is 2.47. The summed E-state index contributed by atoms with van der Waals surface area (Å²) in [5, 5.41) is 17.1. The van der Waals surface area contributed by atoms with Gasteiger partial charge in [0, 0.05) is 56.2 Å². The summed E-state index contributed by atoms with van der Waals surface area (Å²) in [5.41, 5.74) is 0.648. The standard InChI is InChI=1S/C25H30F5N7O2/c1-16-3-2-4-20(17-9-31-35(10-17)15-25(28,29)30)37(16)21-13-36(32-23(21)24(26)27)19-11-34(12-19)18-5-7-33(8-6-18)22(39)14-38/h2-4,9-10,13,16,18-19,24,38H,5-8,11-12,14-15H2,1H3. The van der Waals surface area contributed by atoms with Crippen molar-refractivity contribution < 1.29 is 31.9 Å². The highest BCUT2D eigenvalue weighted by Gasteiger charge is 2.38. The van der Waals surface area contributed by atoms with Gasteiger partial charge in [-0.3, -0.25) is 19.1 Å². The number of rotatable bonds is 7. The number of allylic oxidation sites excluding steroid dienone is 2. The normalized spacial score (nSPS) is 21.5. The Hall–Kier alpha value is -3.26. The Kier molecular flexibility index (Phi) is 7.51. The highest BCUT2D eigenvalue weighted by atomic mass is 19.4. The van der Waals surface area contributed by atoms with Gasteiger partial charge in [-0.1, -0.05) is 12.2 Å². The maximum Gasteiger partial charge on any atom is 0.408 e. The molecule has 0 aliphatic carbocycles. The van der Waals surface area contributed by atoms with Gasteiger partial charge in [0.05, 0.1) is 23.6 Å². The summed E-state index contributed by atoms with van der Waals surface area (Å²) in [7, 11) is 0. The largest absolute Gasteiger partial charge is 0.408 e. The van der Waals surface area contributed by atoms with Gasteiger partial charge in [-0.25, -0.2) is 8.78 Å². The lowest BCUT2D eigenvalue weighted by Gasteiger charge is -2.47. The molecule has 3 aliphatic rings. The molecule has 0 saturated carbocycles. The number of hydrogen-bond acceptors (Lipinski definition) is 6. The number of nitrogens with zero attached hydrogens (tertiary/aromatic N) is 7. The molecule has 2 aromatic heterocycles. The van der Waals surface area contributed by atoms with Crippen LogP contribution in [-0.4, -0.2) is 91.4 Å². The number of carbonyl (C=O) groups is 1. The van der Waals surface area contributed by atoms with E-state index in [1.54, 1.807) is 32.8 Å². The lowest BCUT2D eigenvalue weighted by Crippen LogP contribution is -2.56. The number of amides is 1. The third-order valence-corrected chi connectivity index (χ3v) is 7.52. The summed E-state index contributed by atoms with van der Waals surface area (Å²) in [4.78, 5) is 17.3. The van der Waals surface area contributed by atoms with Crippen molar-refractivity contribution in [3.8, 4) is 0 Å². The van der Waals surface area contributed by atoms with E-state index in [9.17, 15) is 26.7 Å². The van der Waals surface area contributed by atoms with Crippen molar-refractivity contribution in [1.29, 1.82) is 0 Å². The molecule has 9 nitrogen and oxygen atoms in total. The van der Waals surface area contributed by atoms with Crippen LogP contribution in [0.1, 0.15) is 43.5 Å². The van der Waals surface area contributed by atoms with Crippen LogP contribution >= 0.6 is 0 Å². The number of aliphatic hydroxyl groups excluding tert-OH is 1. The fourth-order valence-corrected chi connectivity index (χ4v) is 5.50. The van der Waals surface area contributed by atoms with Gasteiger partial charge in [0.2, 0.25) is 5.91 Å². The molecule has 2 fully saturated rings. The molecule has 1 atom stereocenters. The SMILES string of the molecule is CC1C=CC=C(c2cnn(CC(F)(F)F)c2)N1c1cn(C2CN(C3CCN(C(=O)CO)CC3)C2)nc1C(F)F. The molecular weight excluding hydrogens is 525 g/mol. The highest BCUT2D eigenvalue weighted by molar-refractivity contribution is 5.83. The minimum Gasteiger partial charge on any atom is -0.387 e. The van der Waals surface area contributed by atoms with E-state index in [0.29, 0.717) is 37.4 Å². The molecule has 39 heavy (non-hydrogen) atoms. The van der Waals surface area contributed by atoms with Crippen LogP contribution in [0.25, 0.3) is 5.70 Å². The lowest BCUT2D eigenvalue weighted by molar-refractivity contribution is -0.142. The predicted molar refractivity (Wildman–Crippen MR) is 132 cm³/mol. The van der Waals surface area contributed by atoms with E-state index in [-0.39, 0.29) is 35.4 Å². The van der Waals surface area contributed by atoms with Gasteiger partial charge in [-0.05, 0) is 25.8 Å². The summed E-state index contributed by atoms with van der Waals surface area (Å²) < 4.78 is 69.3. The number of hydrogen-bond donors (Lipinski definition) is 1. The van der Waals surface area contributed by atoms with Crippen LogP contribution in [0.5, 0.6) is 0 Å². The number of piperidine rings is 1. The van der Waals surface area contributed by atoms with Gasteiger partial charge in [-0.2, -0.15) is 23.4 Å². The van der Waals surface area contributed by atoms with Crippen molar-refractivity contribution in [2.24, 2.45) is 0 Å². The summed E-state index contributed by atoms with van der Waals surface area (Å²) in [5.74, 6) is -0.276. The predicted octanol–water partition coefficient (Wildman–Crippen LogP) is 3.23. The van der Waals surface area contributed by atoms with Crippen molar-refractivity contribution >= 4 is 17.3 Å². The third-order valence-electron chi connectivity index (χ3n) is 7.52. The molecule has 2 saturated heterocycles. The minimum atomic E-state index is -4.44. The molecule has 0 spiro atoms. The second kappa shape index (κ2) is 10.7. The molecule has 3 aliphatic heterocycles. The number of alkyl halides is 5. The first-order valence-electron chi connectivity index (χ1n) is 12.8. The lowest BCUT2D eigenvalue weighted by atomic mass is 9.97. The van der Waals surface area contributed by atoms with Gasteiger partial charge < -0.3 is 14.9 Å². The topological polar surface area (TPSA) is 82.7 Å². The van der Waals surface area contributed by atoms with Crippen LogP contribution in [-0.2, 0) is 11.3 Å². The molecule has 5 rings (SSSR count).